The molecule has 0 saturated carbocycles. The van der Waals surface area contributed by atoms with E-state index >= 15 is 0 Å². The van der Waals surface area contributed by atoms with E-state index < -0.39 is 10.8 Å². The Morgan fingerprint density at radius 1 is 1.17 bits per heavy atom. The summed E-state index contributed by atoms with van der Waals surface area (Å²) in [4.78, 5) is 0. The molecule has 4 heteroatoms. The first-order valence-electron chi connectivity index (χ1n) is 5.85. The molecule has 1 atom stereocenters. The first-order chi connectivity index (χ1) is 8.67. The highest BCUT2D eigenvalue weighted by atomic mass is 32.2. The summed E-state index contributed by atoms with van der Waals surface area (Å²) in [5, 5.41) is 0. The molecule has 0 saturated heterocycles. The second-order valence-electron chi connectivity index (χ2n) is 4.29. The predicted octanol–water partition coefficient (Wildman–Crippen LogP) is 2.50. The standard InChI is InChI=1S/C14H17NO2S/c1-11-3-2-4-12(7-11)9-18(16)10-14-6-5-13(8-15)17-14/h2-7H,8-10,15H2,1H3. The first-order valence-corrected chi connectivity index (χ1v) is 7.34. The third kappa shape index (κ3) is 3.55. The lowest BCUT2D eigenvalue weighted by molar-refractivity contribution is 0.481. The van der Waals surface area contributed by atoms with E-state index in [0.717, 1.165) is 17.1 Å². The number of nitrogens with two attached hydrogens (primary N) is 1. The van der Waals surface area contributed by atoms with Gasteiger partial charge < -0.3 is 10.2 Å². The Morgan fingerprint density at radius 2 is 1.94 bits per heavy atom. The molecular weight excluding hydrogens is 246 g/mol. The fourth-order valence-corrected chi connectivity index (χ4v) is 2.93. The minimum Gasteiger partial charge on any atom is -0.464 e. The summed E-state index contributed by atoms with van der Waals surface area (Å²) in [7, 11) is -0.953. The van der Waals surface area contributed by atoms with Crippen molar-refractivity contribution in [1.82, 2.24) is 0 Å². The van der Waals surface area contributed by atoms with E-state index in [-0.39, 0.29) is 0 Å². The summed E-state index contributed by atoms with van der Waals surface area (Å²) in [6.07, 6.45) is 0. The van der Waals surface area contributed by atoms with Crippen LogP contribution in [0.15, 0.2) is 40.8 Å². The van der Waals surface area contributed by atoms with Gasteiger partial charge in [0.1, 0.15) is 11.5 Å². The summed E-state index contributed by atoms with van der Waals surface area (Å²) in [5.41, 5.74) is 7.75. The van der Waals surface area contributed by atoms with Crippen LogP contribution in [-0.4, -0.2) is 4.21 Å². The molecule has 0 radical (unpaired) electrons. The van der Waals surface area contributed by atoms with Gasteiger partial charge in [-0.25, -0.2) is 0 Å². The molecule has 0 spiro atoms. The molecule has 96 valence electrons. The third-order valence-corrected chi connectivity index (χ3v) is 3.89. The number of hydrogen-bond acceptors (Lipinski definition) is 3. The minimum absolute atomic E-state index is 0.379. The summed E-state index contributed by atoms with van der Waals surface area (Å²) in [6, 6.07) is 11.8. The largest absolute Gasteiger partial charge is 0.464 e. The number of aryl methyl sites for hydroxylation is 1. The Kier molecular flexibility index (Phi) is 4.33. The number of hydrogen-bond donors (Lipinski definition) is 1. The minimum atomic E-state index is -0.953. The van der Waals surface area contributed by atoms with Gasteiger partial charge in [0.05, 0.1) is 12.3 Å². The maximum atomic E-state index is 12.0. The molecule has 0 aliphatic carbocycles. The van der Waals surface area contributed by atoms with Crippen molar-refractivity contribution < 1.29 is 8.63 Å². The van der Waals surface area contributed by atoms with Crippen LogP contribution in [0.4, 0.5) is 0 Å². The van der Waals surface area contributed by atoms with Gasteiger partial charge in [-0.15, -0.1) is 0 Å². The summed E-state index contributed by atoms with van der Waals surface area (Å²) in [6.45, 7) is 2.41. The van der Waals surface area contributed by atoms with Crippen molar-refractivity contribution in [3.05, 3.63) is 59.0 Å². The molecule has 0 aliphatic heterocycles. The van der Waals surface area contributed by atoms with Gasteiger partial charge >= 0.3 is 0 Å². The van der Waals surface area contributed by atoms with Crippen LogP contribution >= 0.6 is 0 Å². The third-order valence-electron chi connectivity index (χ3n) is 2.63. The van der Waals surface area contributed by atoms with Crippen molar-refractivity contribution in [3.63, 3.8) is 0 Å². The Morgan fingerprint density at radius 3 is 2.61 bits per heavy atom. The quantitative estimate of drug-likeness (QED) is 0.901. The molecule has 2 aromatic rings. The Balaban J connectivity index is 1.96. The average Bonchev–Trinajstić information content (AvgIpc) is 2.76. The molecule has 0 fully saturated rings. The van der Waals surface area contributed by atoms with E-state index in [0.29, 0.717) is 18.1 Å². The van der Waals surface area contributed by atoms with Gasteiger partial charge in [-0.3, -0.25) is 4.21 Å². The van der Waals surface area contributed by atoms with E-state index in [2.05, 4.69) is 6.07 Å². The van der Waals surface area contributed by atoms with Crippen molar-refractivity contribution in [3.8, 4) is 0 Å². The lowest BCUT2D eigenvalue weighted by Gasteiger charge is -2.02. The highest BCUT2D eigenvalue weighted by Gasteiger charge is 2.07. The molecule has 2 rings (SSSR count). The van der Waals surface area contributed by atoms with Gasteiger partial charge in [-0.1, -0.05) is 29.8 Å². The van der Waals surface area contributed by atoms with Gasteiger partial charge in [-0.05, 0) is 24.6 Å². The second-order valence-corrected chi connectivity index (χ2v) is 5.75. The molecular formula is C14H17NO2S. The van der Waals surface area contributed by atoms with E-state index in [1.807, 2.05) is 37.3 Å². The van der Waals surface area contributed by atoms with Gasteiger partial charge in [0.2, 0.25) is 0 Å². The van der Waals surface area contributed by atoms with E-state index in [9.17, 15) is 4.21 Å². The van der Waals surface area contributed by atoms with E-state index in [1.54, 1.807) is 0 Å². The number of rotatable bonds is 5. The summed E-state index contributed by atoms with van der Waals surface area (Å²) >= 11 is 0. The van der Waals surface area contributed by atoms with Crippen molar-refractivity contribution >= 4 is 10.8 Å². The van der Waals surface area contributed by atoms with Crippen molar-refractivity contribution in [2.24, 2.45) is 5.73 Å². The smallest absolute Gasteiger partial charge is 0.117 e. The van der Waals surface area contributed by atoms with Gasteiger partial charge in [-0.2, -0.15) is 0 Å². The fourth-order valence-electron chi connectivity index (χ4n) is 1.81. The van der Waals surface area contributed by atoms with Gasteiger partial charge in [0, 0.05) is 16.6 Å². The fraction of sp³-hybridized carbons (Fsp3) is 0.286. The maximum absolute atomic E-state index is 12.0. The van der Waals surface area contributed by atoms with Crippen LogP contribution in [0.25, 0.3) is 0 Å². The van der Waals surface area contributed by atoms with Gasteiger partial charge in [0.15, 0.2) is 0 Å². The topological polar surface area (TPSA) is 56.2 Å². The zero-order chi connectivity index (χ0) is 13.0. The van der Waals surface area contributed by atoms with E-state index in [4.69, 9.17) is 10.2 Å². The lowest BCUT2D eigenvalue weighted by atomic mass is 10.2. The van der Waals surface area contributed by atoms with Crippen LogP contribution in [0.3, 0.4) is 0 Å². The molecule has 1 aromatic carbocycles. The molecule has 1 heterocycles. The molecule has 2 N–H and O–H groups in total. The zero-order valence-electron chi connectivity index (χ0n) is 10.4. The molecule has 0 aliphatic rings. The Labute approximate surface area is 109 Å². The van der Waals surface area contributed by atoms with Gasteiger partial charge in [0.25, 0.3) is 0 Å². The lowest BCUT2D eigenvalue weighted by Crippen LogP contribution is -1.99. The molecule has 18 heavy (non-hydrogen) atoms. The molecule has 3 nitrogen and oxygen atoms in total. The van der Waals surface area contributed by atoms with Crippen LogP contribution in [0.2, 0.25) is 0 Å². The monoisotopic (exact) mass is 263 g/mol. The average molecular weight is 263 g/mol. The molecule has 1 aromatic heterocycles. The SMILES string of the molecule is Cc1cccc(CS(=O)Cc2ccc(CN)o2)c1. The molecule has 0 amide bonds. The van der Waals surface area contributed by atoms with Crippen LogP contribution in [0.5, 0.6) is 0 Å². The van der Waals surface area contributed by atoms with Crippen LogP contribution in [-0.2, 0) is 28.9 Å². The number of furan rings is 1. The predicted molar refractivity (Wildman–Crippen MR) is 73.3 cm³/mol. The van der Waals surface area contributed by atoms with Crippen LogP contribution < -0.4 is 5.73 Å². The van der Waals surface area contributed by atoms with Crippen molar-refractivity contribution in [2.45, 2.75) is 25.0 Å². The second kappa shape index (κ2) is 5.98. The van der Waals surface area contributed by atoms with Crippen LogP contribution in [0.1, 0.15) is 22.6 Å². The summed E-state index contributed by atoms with van der Waals surface area (Å²) < 4.78 is 17.5. The van der Waals surface area contributed by atoms with E-state index in [1.165, 1.54) is 5.56 Å². The first kappa shape index (κ1) is 13.1. The van der Waals surface area contributed by atoms with Crippen molar-refractivity contribution in [1.29, 1.82) is 0 Å². The Hall–Kier alpha value is -1.39. The molecule has 0 bridgehead atoms. The normalized spacial score (nSPS) is 12.6. The number of benzene rings is 1. The van der Waals surface area contributed by atoms with Crippen molar-refractivity contribution in [2.75, 3.05) is 0 Å². The maximum Gasteiger partial charge on any atom is 0.117 e. The summed E-state index contributed by atoms with van der Waals surface area (Å²) in [5.74, 6) is 2.47. The van der Waals surface area contributed by atoms with Crippen LogP contribution in [0, 0.1) is 6.92 Å². The zero-order valence-corrected chi connectivity index (χ0v) is 11.2. The highest BCUT2D eigenvalue weighted by Crippen LogP contribution is 2.13. The highest BCUT2D eigenvalue weighted by molar-refractivity contribution is 7.83. The Bertz CT molecular complexity index is 548. The molecule has 1 unspecified atom stereocenters.